The van der Waals surface area contributed by atoms with E-state index < -0.39 is 11.9 Å². The average molecular weight is 557 g/mol. The molecule has 204 valence electrons. The molecule has 2 heterocycles. The second-order valence-electron chi connectivity index (χ2n) is 9.19. The van der Waals surface area contributed by atoms with Gasteiger partial charge in [0.15, 0.2) is 0 Å². The van der Waals surface area contributed by atoms with E-state index >= 15 is 0 Å². The highest BCUT2D eigenvalue weighted by molar-refractivity contribution is 7.19. The molecule has 8 nitrogen and oxygen atoms in total. The highest BCUT2D eigenvalue weighted by Gasteiger charge is 2.14. The normalized spacial score (nSPS) is 11.4. The van der Waals surface area contributed by atoms with Crippen LogP contribution in [0.1, 0.15) is 29.0 Å². The molecule has 0 aliphatic heterocycles. The Morgan fingerprint density at radius 3 is 2.48 bits per heavy atom. The molecule has 0 atom stereocenters. The molecule has 0 amide bonds. The SMILES string of the molecule is O=C(O)CCCc1cn(CC(=O)O)c2c(C=Cc3nc4ccc(OCCOc5ccccc5)cc4s3)cccc12. The van der Waals surface area contributed by atoms with E-state index in [1.54, 1.807) is 15.9 Å². The first kappa shape index (κ1) is 27.0. The fourth-order valence-corrected chi connectivity index (χ4v) is 5.48. The summed E-state index contributed by atoms with van der Waals surface area (Å²) >= 11 is 1.54. The quantitative estimate of drug-likeness (QED) is 0.162. The van der Waals surface area contributed by atoms with Gasteiger partial charge in [-0.3, -0.25) is 9.59 Å². The van der Waals surface area contributed by atoms with Gasteiger partial charge in [-0.15, -0.1) is 11.3 Å². The maximum absolute atomic E-state index is 11.5. The van der Waals surface area contributed by atoms with E-state index in [2.05, 4.69) is 0 Å². The van der Waals surface area contributed by atoms with Crippen molar-refractivity contribution in [2.75, 3.05) is 13.2 Å². The van der Waals surface area contributed by atoms with Crippen LogP contribution in [0.5, 0.6) is 11.5 Å². The van der Waals surface area contributed by atoms with E-state index in [9.17, 15) is 14.7 Å². The summed E-state index contributed by atoms with van der Waals surface area (Å²) in [6.45, 7) is 0.681. The Morgan fingerprint density at radius 1 is 0.900 bits per heavy atom. The lowest BCUT2D eigenvalue weighted by Gasteiger charge is -2.08. The molecule has 0 unspecified atom stereocenters. The Balaban J connectivity index is 1.32. The van der Waals surface area contributed by atoms with Crippen molar-refractivity contribution < 1.29 is 29.3 Å². The average Bonchev–Trinajstić information content (AvgIpc) is 3.51. The summed E-state index contributed by atoms with van der Waals surface area (Å²) in [6.07, 6.45) is 6.80. The van der Waals surface area contributed by atoms with Gasteiger partial charge in [0.2, 0.25) is 0 Å². The van der Waals surface area contributed by atoms with E-state index in [-0.39, 0.29) is 13.0 Å². The van der Waals surface area contributed by atoms with Crippen LogP contribution in [0.2, 0.25) is 0 Å². The van der Waals surface area contributed by atoms with Crippen LogP contribution in [0.25, 0.3) is 33.3 Å². The minimum absolute atomic E-state index is 0.0665. The molecule has 3 aromatic carbocycles. The van der Waals surface area contributed by atoms with Crippen LogP contribution in [-0.4, -0.2) is 44.9 Å². The molecule has 0 radical (unpaired) electrons. The molecule has 0 bridgehead atoms. The van der Waals surface area contributed by atoms with Gasteiger partial charge in [-0.2, -0.15) is 0 Å². The molecule has 0 aliphatic carbocycles. The Bertz CT molecular complexity index is 1670. The van der Waals surface area contributed by atoms with Gasteiger partial charge in [0.1, 0.15) is 36.3 Å². The van der Waals surface area contributed by atoms with Gasteiger partial charge in [0, 0.05) is 18.0 Å². The summed E-state index contributed by atoms with van der Waals surface area (Å²) in [5.41, 5.74) is 3.48. The summed E-state index contributed by atoms with van der Waals surface area (Å²) in [5, 5.41) is 20.2. The molecule has 40 heavy (non-hydrogen) atoms. The number of hydrogen-bond donors (Lipinski definition) is 2. The third-order valence-corrected chi connectivity index (χ3v) is 7.28. The number of nitrogens with zero attached hydrogens (tertiary/aromatic N) is 2. The number of benzene rings is 3. The van der Waals surface area contributed by atoms with Gasteiger partial charge in [-0.25, -0.2) is 4.98 Å². The van der Waals surface area contributed by atoms with Crippen LogP contribution >= 0.6 is 11.3 Å². The van der Waals surface area contributed by atoms with Crippen molar-refractivity contribution in [2.24, 2.45) is 0 Å². The van der Waals surface area contributed by atoms with E-state index in [1.807, 2.05) is 85.1 Å². The van der Waals surface area contributed by atoms with Crippen LogP contribution in [0.15, 0.2) is 72.9 Å². The monoisotopic (exact) mass is 556 g/mol. The standard InChI is InChI=1S/C31H28N2O6S/c34-29(35)11-5-7-22-19-33(20-30(36)37)31-21(6-4-10-25(22)31)12-15-28-32-26-14-13-24(18-27(26)40-28)39-17-16-38-23-8-2-1-3-9-23/h1-4,6,8-10,12-15,18-19H,5,7,11,16-17,20H2,(H,34,35)(H,36,37). The van der Waals surface area contributed by atoms with Crippen molar-refractivity contribution in [3.8, 4) is 11.5 Å². The molecule has 9 heteroatoms. The summed E-state index contributed by atoms with van der Waals surface area (Å²) in [6, 6.07) is 21.2. The predicted molar refractivity (Wildman–Crippen MR) is 156 cm³/mol. The maximum atomic E-state index is 11.5. The number of aromatic nitrogens is 2. The highest BCUT2D eigenvalue weighted by Crippen LogP contribution is 2.30. The number of ether oxygens (including phenoxy) is 2. The summed E-state index contributed by atoms with van der Waals surface area (Å²) in [5.74, 6) is -0.233. The molecule has 5 aromatic rings. The fourth-order valence-electron chi connectivity index (χ4n) is 4.58. The minimum atomic E-state index is -0.941. The molecule has 0 saturated carbocycles. The van der Waals surface area contributed by atoms with Gasteiger partial charge < -0.3 is 24.3 Å². The third-order valence-electron chi connectivity index (χ3n) is 6.30. The zero-order valence-electron chi connectivity index (χ0n) is 21.7. The fraction of sp³-hybridized carbons (Fsp3) is 0.194. The highest BCUT2D eigenvalue weighted by atomic mass is 32.1. The number of aliphatic carboxylic acids is 2. The van der Waals surface area contributed by atoms with Crippen molar-refractivity contribution in [1.29, 1.82) is 0 Å². The van der Waals surface area contributed by atoms with Crippen LogP contribution in [-0.2, 0) is 22.6 Å². The van der Waals surface area contributed by atoms with Gasteiger partial charge in [-0.05, 0) is 66.5 Å². The van der Waals surface area contributed by atoms with Gasteiger partial charge >= 0.3 is 11.9 Å². The number of carboxylic acid groups (broad SMARTS) is 2. The van der Waals surface area contributed by atoms with Crippen LogP contribution in [0, 0.1) is 0 Å². The number of para-hydroxylation sites is 2. The van der Waals surface area contributed by atoms with Gasteiger partial charge in [0.25, 0.3) is 0 Å². The van der Waals surface area contributed by atoms with E-state index in [0.717, 1.165) is 48.8 Å². The molecular weight excluding hydrogens is 528 g/mol. The number of rotatable bonds is 13. The zero-order chi connectivity index (χ0) is 27.9. The van der Waals surface area contributed by atoms with Gasteiger partial charge in [-0.1, -0.05) is 36.4 Å². The lowest BCUT2D eigenvalue weighted by Crippen LogP contribution is -2.08. The summed E-state index contributed by atoms with van der Waals surface area (Å²) < 4.78 is 14.3. The third kappa shape index (κ3) is 6.68. The van der Waals surface area contributed by atoms with Crippen molar-refractivity contribution in [2.45, 2.75) is 25.8 Å². The lowest BCUT2D eigenvalue weighted by molar-refractivity contribution is -0.138. The first-order valence-corrected chi connectivity index (χ1v) is 13.7. The molecule has 0 aliphatic rings. The van der Waals surface area contributed by atoms with E-state index in [0.29, 0.717) is 26.1 Å². The Hall–Kier alpha value is -4.63. The largest absolute Gasteiger partial charge is 0.490 e. The number of aryl methyl sites for hydroxylation is 1. The Morgan fingerprint density at radius 2 is 1.70 bits per heavy atom. The molecule has 2 aromatic heterocycles. The first-order valence-electron chi connectivity index (χ1n) is 12.9. The predicted octanol–water partition coefficient (Wildman–Crippen LogP) is 6.37. The molecule has 0 saturated heterocycles. The lowest BCUT2D eigenvalue weighted by atomic mass is 10.0. The summed E-state index contributed by atoms with van der Waals surface area (Å²) in [7, 11) is 0. The first-order chi connectivity index (χ1) is 19.5. The molecule has 0 fully saturated rings. The van der Waals surface area contributed by atoms with Crippen molar-refractivity contribution in [3.05, 3.63) is 89.1 Å². The smallest absolute Gasteiger partial charge is 0.323 e. The number of thiazole rings is 1. The van der Waals surface area contributed by atoms with Crippen molar-refractivity contribution in [1.82, 2.24) is 9.55 Å². The van der Waals surface area contributed by atoms with E-state index in [4.69, 9.17) is 19.6 Å². The van der Waals surface area contributed by atoms with Crippen LogP contribution < -0.4 is 9.47 Å². The molecule has 2 N–H and O–H groups in total. The maximum Gasteiger partial charge on any atom is 0.323 e. The number of hydrogen-bond acceptors (Lipinski definition) is 6. The second-order valence-corrected chi connectivity index (χ2v) is 10.3. The van der Waals surface area contributed by atoms with Gasteiger partial charge in [0.05, 0.1) is 15.7 Å². The number of carboxylic acids is 2. The Kier molecular flexibility index (Phi) is 8.41. The number of fused-ring (bicyclic) bond motifs is 2. The zero-order valence-corrected chi connectivity index (χ0v) is 22.5. The van der Waals surface area contributed by atoms with Crippen molar-refractivity contribution >= 4 is 56.5 Å². The van der Waals surface area contributed by atoms with Crippen LogP contribution in [0.4, 0.5) is 0 Å². The topological polar surface area (TPSA) is 111 Å². The number of carbonyl (C=O) groups is 2. The molecule has 0 spiro atoms. The molecular formula is C31H28N2O6S. The second kappa shape index (κ2) is 12.5. The van der Waals surface area contributed by atoms with Crippen molar-refractivity contribution in [3.63, 3.8) is 0 Å². The molecule has 5 rings (SSSR count). The Labute approximate surface area is 234 Å². The van der Waals surface area contributed by atoms with E-state index in [1.165, 1.54) is 0 Å². The minimum Gasteiger partial charge on any atom is -0.490 e. The van der Waals surface area contributed by atoms with Crippen LogP contribution in [0.3, 0.4) is 0 Å². The summed E-state index contributed by atoms with van der Waals surface area (Å²) in [4.78, 5) is 27.2.